The van der Waals surface area contributed by atoms with E-state index < -0.39 is 0 Å². The minimum absolute atomic E-state index is 0.103. The zero-order valence-corrected chi connectivity index (χ0v) is 9.95. The fourth-order valence-electron chi connectivity index (χ4n) is 1.83. The monoisotopic (exact) mass is 214 g/mol. The Hall–Kier alpha value is -0.610. The van der Waals surface area contributed by atoms with Crippen molar-refractivity contribution in [2.24, 2.45) is 5.73 Å². The molecule has 0 saturated heterocycles. The van der Waals surface area contributed by atoms with Crippen molar-refractivity contribution in [3.8, 4) is 0 Å². The minimum atomic E-state index is -0.181. The summed E-state index contributed by atoms with van der Waals surface area (Å²) in [6.07, 6.45) is 3.65. The van der Waals surface area contributed by atoms with Gasteiger partial charge in [0.1, 0.15) is 0 Å². The summed E-state index contributed by atoms with van der Waals surface area (Å²) in [7, 11) is 3.50. The number of ether oxygens (including phenoxy) is 1. The summed E-state index contributed by atoms with van der Waals surface area (Å²) in [5.74, 6) is 0.134. The predicted molar refractivity (Wildman–Crippen MR) is 59.5 cm³/mol. The van der Waals surface area contributed by atoms with E-state index in [1.54, 1.807) is 12.0 Å². The normalized spacial score (nSPS) is 20.5. The lowest BCUT2D eigenvalue weighted by Crippen LogP contribution is -2.47. The van der Waals surface area contributed by atoms with Crippen molar-refractivity contribution in [3.05, 3.63) is 0 Å². The summed E-state index contributed by atoms with van der Waals surface area (Å²) in [6.45, 7) is 2.46. The largest absolute Gasteiger partial charge is 0.378 e. The summed E-state index contributed by atoms with van der Waals surface area (Å²) >= 11 is 0. The quantitative estimate of drug-likeness (QED) is 0.735. The highest BCUT2D eigenvalue weighted by Crippen LogP contribution is 2.38. The second kappa shape index (κ2) is 4.94. The molecular formula is C11H22N2O2. The molecule has 1 rings (SSSR count). The lowest BCUT2D eigenvalue weighted by Gasteiger charge is -2.41. The third kappa shape index (κ3) is 2.69. The maximum atomic E-state index is 11.9. The van der Waals surface area contributed by atoms with E-state index in [9.17, 15) is 4.79 Å². The summed E-state index contributed by atoms with van der Waals surface area (Å²) in [6, 6.07) is 0.103. The first kappa shape index (κ1) is 12.5. The Balaban J connectivity index is 2.47. The van der Waals surface area contributed by atoms with Crippen LogP contribution in [0.5, 0.6) is 0 Å². The highest BCUT2D eigenvalue weighted by Gasteiger charge is 2.39. The molecule has 0 aromatic rings. The van der Waals surface area contributed by atoms with Crippen molar-refractivity contribution in [3.63, 3.8) is 0 Å². The molecule has 4 heteroatoms. The van der Waals surface area contributed by atoms with Crippen LogP contribution in [0.15, 0.2) is 0 Å². The third-order valence-electron chi connectivity index (χ3n) is 3.57. The minimum Gasteiger partial charge on any atom is -0.378 e. The van der Waals surface area contributed by atoms with E-state index >= 15 is 0 Å². The summed E-state index contributed by atoms with van der Waals surface area (Å²) in [4.78, 5) is 13.6. The van der Waals surface area contributed by atoms with Crippen molar-refractivity contribution in [1.82, 2.24) is 4.90 Å². The van der Waals surface area contributed by atoms with Crippen LogP contribution in [0.4, 0.5) is 0 Å². The lowest BCUT2D eigenvalue weighted by molar-refractivity contribution is -0.144. The predicted octanol–water partition coefficient (Wildman–Crippen LogP) is 0.751. The van der Waals surface area contributed by atoms with Crippen LogP contribution < -0.4 is 5.73 Å². The molecule has 0 aliphatic heterocycles. The van der Waals surface area contributed by atoms with E-state index in [0.29, 0.717) is 13.0 Å². The van der Waals surface area contributed by atoms with Crippen molar-refractivity contribution >= 4 is 5.91 Å². The van der Waals surface area contributed by atoms with Crippen LogP contribution in [0.1, 0.15) is 32.6 Å². The molecule has 0 radical (unpaired) electrons. The molecule has 15 heavy (non-hydrogen) atoms. The molecule has 4 nitrogen and oxygen atoms in total. The molecule has 0 aromatic carbocycles. The number of nitrogens with zero attached hydrogens (tertiary/aromatic N) is 1. The standard InChI is InChI=1S/C11H22N2O2/c1-9(8-12)13(2)10(14)7-11(15-3)5-4-6-11/h9H,4-8,12H2,1-3H3. The number of hydrogen-bond acceptors (Lipinski definition) is 3. The highest BCUT2D eigenvalue weighted by atomic mass is 16.5. The van der Waals surface area contributed by atoms with E-state index in [1.165, 1.54) is 0 Å². The van der Waals surface area contributed by atoms with Gasteiger partial charge in [-0.2, -0.15) is 0 Å². The molecule has 1 aliphatic carbocycles. The first-order valence-electron chi connectivity index (χ1n) is 5.55. The van der Waals surface area contributed by atoms with Gasteiger partial charge in [0.15, 0.2) is 0 Å². The van der Waals surface area contributed by atoms with E-state index in [0.717, 1.165) is 19.3 Å². The number of carbonyl (C=O) groups excluding carboxylic acids is 1. The Kier molecular flexibility index (Phi) is 4.11. The van der Waals surface area contributed by atoms with Gasteiger partial charge in [-0.15, -0.1) is 0 Å². The average Bonchev–Trinajstić information content (AvgIpc) is 2.20. The van der Waals surface area contributed by atoms with Gasteiger partial charge in [-0.05, 0) is 26.2 Å². The average molecular weight is 214 g/mol. The number of likely N-dealkylation sites (N-methyl/N-ethyl adjacent to an activating group) is 1. The van der Waals surface area contributed by atoms with Crippen LogP contribution in [-0.4, -0.2) is 43.2 Å². The zero-order valence-electron chi connectivity index (χ0n) is 9.95. The van der Waals surface area contributed by atoms with Gasteiger partial charge in [-0.3, -0.25) is 4.79 Å². The van der Waals surface area contributed by atoms with Gasteiger partial charge in [-0.25, -0.2) is 0 Å². The molecule has 1 saturated carbocycles. The molecule has 1 atom stereocenters. The van der Waals surface area contributed by atoms with Crippen LogP contribution >= 0.6 is 0 Å². The summed E-state index contributed by atoms with van der Waals surface area (Å²) in [5.41, 5.74) is 5.35. The van der Waals surface area contributed by atoms with Gasteiger partial charge in [0.05, 0.1) is 12.0 Å². The molecule has 88 valence electrons. The summed E-state index contributed by atoms with van der Waals surface area (Å²) in [5, 5.41) is 0. The first-order valence-corrected chi connectivity index (χ1v) is 5.55. The Labute approximate surface area is 91.8 Å². The van der Waals surface area contributed by atoms with E-state index in [1.807, 2.05) is 14.0 Å². The van der Waals surface area contributed by atoms with Crippen molar-refractivity contribution in [1.29, 1.82) is 0 Å². The van der Waals surface area contributed by atoms with Gasteiger partial charge >= 0.3 is 0 Å². The fourth-order valence-corrected chi connectivity index (χ4v) is 1.83. The number of amides is 1. The van der Waals surface area contributed by atoms with E-state index in [2.05, 4.69) is 0 Å². The fraction of sp³-hybridized carbons (Fsp3) is 0.909. The van der Waals surface area contributed by atoms with E-state index in [-0.39, 0.29) is 17.6 Å². The molecule has 1 aliphatic rings. The molecule has 0 spiro atoms. The Morgan fingerprint density at radius 3 is 2.53 bits per heavy atom. The van der Waals surface area contributed by atoms with Gasteiger partial charge in [-0.1, -0.05) is 0 Å². The first-order chi connectivity index (χ1) is 7.04. The van der Waals surface area contributed by atoms with E-state index in [4.69, 9.17) is 10.5 Å². The smallest absolute Gasteiger partial charge is 0.225 e. The maximum Gasteiger partial charge on any atom is 0.225 e. The number of carbonyl (C=O) groups is 1. The SMILES string of the molecule is COC1(CC(=O)N(C)C(C)CN)CCC1. The summed E-state index contributed by atoms with van der Waals surface area (Å²) < 4.78 is 5.43. The van der Waals surface area contributed by atoms with Gasteiger partial charge in [0.25, 0.3) is 0 Å². The molecule has 1 unspecified atom stereocenters. The Bertz CT molecular complexity index is 221. The van der Waals surface area contributed by atoms with Gasteiger partial charge in [0.2, 0.25) is 5.91 Å². The lowest BCUT2D eigenvalue weighted by atomic mass is 9.77. The Morgan fingerprint density at radius 2 is 2.20 bits per heavy atom. The van der Waals surface area contributed by atoms with Gasteiger partial charge in [0, 0.05) is 26.7 Å². The second-order valence-corrected chi connectivity index (χ2v) is 4.51. The molecule has 1 amide bonds. The molecule has 1 fully saturated rings. The second-order valence-electron chi connectivity index (χ2n) is 4.51. The number of hydrogen-bond donors (Lipinski definition) is 1. The number of nitrogens with two attached hydrogens (primary N) is 1. The Morgan fingerprint density at radius 1 is 1.60 bits per heavy atom. The topological polar surface area (TPSA) is 55.6 Å². The highest BCUT2D eigenvalue weighted by molar-refractivity contribution is 5.77. The molecule has 2 N–H and O–H groups in total. The van der Waals surface area contributed by atoms with Gasteiger partial charge < -0.3 is 15.4 Å². The zero-order chi connectivity index (χ0) is 11.5. The van der Waals surface area contributed by atoms with Crippen molar-refractivity contribution in [2.45, 2.75) is 44.2 Å². The van der Waals surface area contributed by atoms with Crippen molar-refractivity contribution in [2.75, 3.05) is 20.7 Å². The number of rotatable bonds is 5. The molecule has 0 aromatic heterocycles. The van der Waals surface area contributed by atoms with Crippen LogP contribution in [0.25, 0.3) is 0 Å². The van der Waals surface area contributed by atoms with Crippen LogP contribution in [-0.2, 0) is 9.53 Å². The van der Waals surface area contributed by atoms with Crippen molar-refractivity contribution < 1.29 is 9.53 Å². The molecule has 0 bridgehead atoms. The van der Waals surface area contributed by atoms with Crippen LogP contribution in [0.2, 0.25) is 0 Å². The maximum absolute atomic E-state index is 11.9. The molecular weight excluding hydrogens is 192 g/mol. The molecule has 0 heterocycles. The number of methoxy groups -OCH3 is 1. The third-order valence-corrected chi connectivity index (χ3v) is 3.57. The van der Waals surface area contributed by atoms with Crippen LogP contribution in [0, 0.1) is 0 Å². The van der Waals surface area contributed by atoms with Crippen LogP contribution in [0.3, 0.4) is 0 Å².